The van der Waals surface area contributed by atoms with Gasteiger partial charge in [-0.15, -0.1) is 0 Å². The minimum absolute atomic E-state index is 0.129. The summed E-state index contributed by atoms with van der Waals surface area (Å²) in [5.41, 5.74) is 1.44. The van der Waals surface area contributed by atoms with Gasteiger partial charge in [-0.25, -0.2) is 0 Å². The zero-order valence-corrected chi connectivity index (χ0v) is 11.0. The molecule has 1 rings (SSSR count). The number of ether oxygens (including phenoxy) is 1. The molecule has 15 heavy (non-hydrogen) atoms. The molecule has 1 aromatic heterocycles. The van der Waals surface area contributed by atoms with E-state index in [1.165, 1.54) is 5.56 Å². The lowest BCUT2D eigenvalue weighted by Gasteiger charge is -2.35. The Balaban J connectivity index is 2.90. The second kappa shape index (κ2) is 5.10. The number of hydrogen-bond acceptors (Lipinski definition) is 3. The second-order valence-electron chi connectivity index (χ2n) is 4.85. The van der Waals surface area contributed by atoms with E-state index in [0.717, 1.165) is 0 Å². The van der Waals surface area contributed by atoms with E-state index in [1.807, 2.05) is 7.05 Å². The fourth-order valence-corrected chi connectivity index (χ4v) is 2.63. The molecular formula is C12H21NOS. The molecule has 3 heteroatoms. The fraction of sp³-hybridized carbons (Fsp3) is 0.667. The molecule has 1 aromatic rings. The van der Waals surface area contributed by atoms with Crippen LogP contribution in [-0.4, -0.2) is 20.3 Å². The van der Waals surface area contributed by atoms with Crippen LogP contribution in [0.3, 0.4) is 0 Å². The minimum atomic E-state index is 0.129. The third-order valence-electron chi connectivity index (χ3n) is 2.62. The van der Waals surface area contributed by atoms with Crippen LogP contribution in [0.2, 0.25) is 0 Å². The summed E-state index contributed by atoms with van der Waals surface area (Å²) in [6, 6.07) is 2.42. The maximum absolute atomic E-state index is 5.63. The summed E-state index contributed by atoms with van der Waals surface area (Å²) in [5, 5.41) is 7.63. The van der Waals surface area contributed by atoms with E-state index in [4.69, 9.17) is 4.74 Å². The number of methoxy groups -OCH3 is 1. The molecule has 2 atom stereocenters. The van der Waals surface area contributed by atoms with E-state index >= 15 is 0 Å². The van der Waals surface area contributed by atoms with Crippen LogP contribution in [0.1, 0.15) is 32.4 Å². The van der Waals surface area contributed by atoms with Gasteiger partial charge >= 0.3 is 0 Å². The van der Waals surface area contributed by atoms with Crippen LogP contribution < -0.4 is 5.32 Å². The van der Waals surface area contributed by atoms with Gasteiger partial charge in [0.05, 0.1) is 12.1 Å². The van der Waals surface area contributed by atoms with Gasteiger partial charge in [0, 0.05) is 7.11 Å². The first-order valence-electron chi connectivity index (χ1n) is 5.23. The van der Waals surface area contributed by atoms with E-state index in [1.54, 1.807) is 18.4 Å². The Morgan fingerprint density at radius 1 is 1.40 bits per heavy atom. The van der Waals surface area contributed by atoms with Crippen molar-refractivity contribution in [1.82, 2.24) is 5.32 Å². The summed E-state index contributed by atoms with van der Waals surface area (Å²) in [6.45, 7) is 6.62. The Morgan fingerprint density at radius 2 is 2.07 bits per heavy atom. The number of hydrogen-bond donors (Lipinski definition) is 1. The second-order valence-corrected chi connectivity index (χ2v) is 5.63. The van der Waals surface area contributed by atoms with Crippen molar-refractivity contribution in [3.8, 4) is 0 Å². The molecule has 0 saturated heterocycles. The summed E-state index contributed by atoms with van der Waals surface area (Å²) in [6.07, 6.45) is 0.178. The zero-order chi connectivity index (χ0) is 11.5. The van der Waals surface area contributed by atoms with Gasteiger partial charge in [-0.05, 0) is 34.9 Å². The summed E-state index contributed by atoms with van der Waals surface area (Å²) >= 11 is 1.73. The Hall–Kier alpha value is -0.380. The molecule has 1 heterocycles. The zero-order valence-electron chi connectivity index (χ0n) is 10.2. The molecule has 0 spiro atoms. The van der Waals surface area contributed by atoms with E-state index in [9.17, 15) is 0 Å². The van der Waals surface area contributed by atoms with Gasteiger partial charge in [0.1, 0.15) is 0 Å². The quantitative estimate of drug-likeness (QED) is 0.853. The van der Waals surface area contributed by atoms with Crippen LogP contribution in [0.5, 0.6) is 0 Å². The standard InChI is InChI=1S/C12H21NOS/c1-12(2,3)11(14-5)10(13-4)9-6-7-15-8-9/h6-8,10-11,13H,1-5H3. The van der Waals surface area contributed by atoms with Crippen molar-refractivity contribution >= 4 is 11.3 Å². The number of rotatable bonds is 4. The third kappa shape index (κ3) is 3.03. The summed E-state index contributed by atoms with van der Waals surface area (Å²) < 4.78 is 5.63. The SMILES string of the molecule is CNC(c1ccsc1)C(OC)C(C)(C)C. The third-order valence-corrected chi connectivity index (χ3v) is 3.33. The van der Waals surface area contributed by atoms with Crippen molar-refractivity contribution < 1.29 is 4.74 Å². The van der Waals surface area contributed by atoms with Crippen molar-refractivity contribution in [3.63, 3.8) is 0 Å². The highest BCUT2D eigenvalue weighted by atomic mass is 32.1. The molecule has 0 fully saturated rings. The van der Waals surface area contributed by atoms with E-state index in [0.29, 0.717) is 0 Å². The number of likely N-dealkylation sites (N-methyl/N-ethyl adjacent to an activating group) is 1. The average molecular weight is 227 g/mol. The Labute approximate surface area is 96.7 Å². The molecule has 0 aliphatic heterocycles. The van der Waals surface area contributed by atoms with Crippen molar-refractivity contribution in [1.29, 1.82) is 0 Å². The largest absolute Gasteiger partial charge is 0.379 e. The molecule has 0 saturated carbocycles. The van der Waals surface area contributed by atoms with Crippen LogP contribution in [0.4, 0.5) is 0 Å². The van der Waals surface area contributed by atoms with Gasteiger partial charge in [0.15, 0.2) is 0 Å². The molecule has 1 N–H and O–H groups in total. The van der Waals surface area contributed by atoms with Gasteiger partial charge in [0.2, 0.25) is 0 Å². The van der Waals surface area contributed by atoms with Gasteiger partial charge in [-0.1, -0.05) is 20.8 Å². The minimum Gasteiger partial charge on any atom is -0.379 e. The highest BCUT2D eigenvalue weighted by Gasteiger charge is 2.32. The van der Waals surface area contributed by atoms with Gasteiger partial charge in [-0.2, -0.15) is 11.3 Å². The first kappa shape index (κ1) is 12.7. The number of nitrogens with one attached hydrogen (secondary N) is 1. The molecule has 0 radical (unpaired) electrons. The van der Waals surface area contributed by atoms with Crippen molar-refractivity contribution in [3.05, 3.63) is 22.4 Å². The lowest BCUT2D eigenvalue weighted by molar-refractivity contribution is -0.0100. The van der Waals surface area contributed by atoms with E-state index < -0.39 is 0 Å². The maximum Gasteiger partial charge on any atom is 0.0814 e. The Bertz CT molecular complexity index is 276. The smallest absolute Gasteiger partial charge is 0.0814 e. The first-order valence-corrected chi connectivity index (χ1v) is 6.17. The lowest BCUT2D eigenvalue weighted by atomic mass is 9.82. The van der Waals surface area contributed by atoms with Gasteiger partial charge in [-0.3, -0.25) is 0 Å². The predicted molar refractivity (Wildman–Crippen MR) is 66.4 cm³/mol. The van der Waals surface area contributed by atoms with Crippen molar-refractivity contribution in [2.24, 2.45) is 5.41 Å². The van der Waals surface area contributed by atoms with Crippen LogP contribution in [-0.2, 0) is 4.74 Å². The predicted octanol–water partition coefficient (Wildman–Crippen LogP) is 3.07. The molecule has 2 nitrogen and oxygen atoms in total. The molecular weight excluding hydrogens is 206 g/mol. The van der Waals surface area contributed by atoms with Crippen molar-refractivity contribution in [2.45, 2.75) is 32.9 Å². The molecule has 0 bridgehead atoms. The average Bonchev–Trinajstić information content (AvgIpc) is 2.64. The monoisotopic (exact) mass is 227 g/mol. The lowest BCUT2D eigenvalue weighted by Crippen LogP contribution is -2.40. The summed E-state index contributed by atoms with van der Waals surface area (Å²) in [7, 11) is 3.77. The summed E-state index contributed by atoms with van der Waals surface area (Å²) in [4.78, 5) is 0. The highest BCUT2D eigenvalue weighted by molar-refractivity contribution is 7.07. The van der Waals surface area contributed by atoms with Crippen LogP contribution >= 0.6 is 11.3 Å². The molecule has 0 aliphatic carbocycles. The van der Waals surface area contributed by atoms with Crippen LogP contribution in [0.25, 0.3) is 0 Å². The summed E-state index contributed by atoms with van der Waals surface area (Å²) in [5.74, 6) is 0. The van der Waals surface area contributed by atoms with Gasteiger partial charge in [0.25, 0.3) is 0 Å². The normalized spacial score (nSPS) is 16.3. The molecule has 0 aliphatic rings. The Morgan fingerprint density at radius 3 is 2.40 bits per heavy atom. The molecule has 0 amide bonds. The topological polar surface area (TPSA) is 21.3 Å². The molecule has 86 valence electrons. The number of thiophene rings is 1. The fourth-order valence-electron chi connectivity index (χ4n) is 1.93. The molecule has 2 unspecified atom stereocenters. The first-order chi connectivity index (χ1) is 7.00. The highest BCUT2D eigenvalue weighted by Crippen LogP contribution is 2.32. The van der Waals surface area contributed by atoms with Gasteiger partial charge < -0.3 is 10.1 Å². The van der Waals surface area contributed by atoms with Crippen molar-refractivity contribution in [2.75, 3.05) is 14.2 Å². The van der Waals surface area contributed by atoms with E-state index in [2.05, 4.69) is 42.9 Å². The maximum atomic E-state index is 5.63. The van der Waals surface area contributed by atoms with Crippen LogP contribution in [0, 0.1) is 5.41 Å². The molecule has 0 aromatic carbocycles. The van der Waals surface area contributed by atoms with Crippen LogP contribution in [0.15, 0.2) is 16.8 Å². The van der Waals surface area contributed by atoms with E-state index in [-0.39, 0.29) is 17.6 Å². The Kier molecular flexibility index (Phi) is 4.32.